The van der Waals surface area contributed by atoms with Crippen LogP contribution in [0.5, 0.6) is 5.75 Å². The van der Waals surface area contributed by atoms with Crippen LogP contribution in [0.4, 0.5) is 19.0 Å². The van der Waals surface area contributed by atoms with Crippen LogP contribution in [-0.4, -0.2) is 22.2 Å². The van der Waals surface area contributed by atoms with Crippen molar-refractivity contribution in [3.63, 3.8) is 0 Å². The number of hydrogen-bond acceptors (Lipinski definition) is 5. The molecule has 0 spiro atoms. The van der Waals surface area contributed by atoms with Crippen LogP contribution in [-0.2, 0) is 0 Å². The largest absolute Gasteiger partial charge is 0.573 e. The van der Waals surface area contributed by atoms with Gasteiger partial charge in [-0.2, -0.15) is 0 Å². The van der Waals surface area contributed by atoms with Crippen molar-refractivity contribution in [1.82, 2.24) is 20.8 Å². The highest BCUT2D eigenvalue weighted by molar-refractivity contribution is 5.95. The highest BCUT2D eigenvalue weighted by Gasteiger charge is 2.32. The van der Waals surface area contributed by atoms with Gasteiger partial charge in [-0.15, -0.1) is 13.2 Å². The molecule has 172 valence electrons. The molecule has 4 aromatic rings. The Kier molecular flexibility index (Phi) is 5.62. The normalized spacial score (nSPS) is 17.2. The van der Waals surface area contributed by atoms with Gasteiger partial charge < -0.3 is 10.2 Å². The van der Waals surface area contributed by atoms with Gasteiger partial charge in [0, 0.05) is 11.8 Å². The fourth-order valence-corrected chi connectivity index (χ4v) is 3.90. The molecule has 34 heavy (non-hydrogen) atoms. The van der Waals surface area contributed by atoms with E-state index in [9.17, 15) is 13.2 Å². The van der Waals surface area contributed by atoms with Gasteiger partial charge in [-0.25, -0.2) is 20.4 Å². The Labute approximate surface area is 193 Å². The first kappa shape index (κ1) is 21.8. The number of fused-ring (bicyclic) bond motifs is 1. The maximum absolute atomic E-state index is 13.0. The van der Waals surface area contributed by atoms with E-state index in [1.54, 1.807) is 6.07 Å². The number of alkyl halides is 3. The van der Waals surface area contributed by atoms with Crippen molar-refractivity contribution in [2.75, 3.05) is 0 Å². The molecule has 1 unspecified atom stereocenters. The lowest BCUT2D eigenvalue weighted by molar-refractivity contribution is -0.274. The Morgan fingerprint density at radius 3 is 2.50 bits per heavy atom. The molecule has 0 bridgehead atoms. The molecular formula is C25H20F3N5O. The van der Waals surface area contributed by atoms with Crippen LogP contribution in [0.2, 0.25) is 0 Å². The molecule has 5 rings (SSSR count). The number of amidine groups is 1. The molecule has 1 aliphatic rings. The van der Waals surface area contributed by atoms with Gasteiger partial charge in [0.05, 0.1) is 17.1 Å². The van der Waals surface area contributed by atoms with Gasteiger partial charge in [0.15, 0.2) is 11.6 Å². The minimum Gasteiger partial charge on any atom is -0.405 e. The van der Waals surface area contributed by atoms with Crippen molar-refractivity contribution < 1.29 is 17.9 Å². The molecule has 0 radical (unpaired) electrons. The van der Waals surface area contributed by atoms with Crippen LogP contribution in [0.15, 0.2) is 77.8 Å². The lowest BCUT2D eigenvalue weighted by Crippen LogP contribution is -2.27. The first-order chi connectivity index (χ1) is 16.4. The summed E-state index contributed by atoms with van der Waals surface area (Å²) in [4.78, 5) is 13.8. The van der Waals surface area contributed by atoms with Crippen LogP contribution in [0.1, 0.15) is 23.6 Å². The fourth-order valence-electron chi connectivity index (χ4n) is 3.90. The van der Waals surface area contributed by atoms with Gasteiger partial charge in [0.2, 0.25) is 0 Å². The molecule has 9 heteroatoms. The average Bonchev–Trinajstić information content (AvgIpc) is 3.28. The van der Waals surface area contributed by atoms with Crippen LogP contribution in [0, 0.1) is 6.92 Å². The second-order valence-electron chi connectivity index (χ2n) is 7.88. The van der Waals surface area contributed by atoms with E-state index in [1.807, 2.05) is 55.5 Å². The molecule has 0 saturated carbocycles. The van der Waals surface area contributed by atoms with Gasteiger partial charge in [-0.1, -0.05) is 54.6 Å². The maximum Gasteiger partial charge on any atom is 0.573 e. The number of nitrogens with one attached hydrogen (secondary N) is 2. The maximum atomic E-state index is 13.0. The van der Waals surface area contributed by atoms with Crippen molar-refractivity contribution >= 4 is 22.6 Å². The Hall–Kier alpha value is -3.98. The predicted molar refractivity (Wildman–Crippen MR) is 124 cm³/mol. The SMILES string of the molecule is Cc1cccc2c(N=C3CC(c4ccccc4)NN3)nc(-c3ccccc3OC(F)(F)F)nc12. The number of hydrazine groups is 1. The number of aliphatic imine (C=N–C) groups is 1. The standard InChI is InChI=1S/C25H20F3N5O/c1-15-8-7-12-18-22(15)30-23(17-11-5-6-13-20(17)34-25(26,27)28)31-24(18)29-21-14-19(32-33-21)16-9-3-2-4-10-16/h2-13,19,32H,14H2,1H3,(H,29,30,31,33). The van der Waals surface area contributed by atoms with E-state index in [4.69, 9.17) is 4.99 Å². The molecular weight excluding hydrogens is 443 g/mol. The zero-order valence-electron chi connectivity index (χ0n) is 18.1. The number of aromatic nitrogens is 2. The molecule has 0 aliphatic carbocycles. The molecule has 6 nitrogen and oxygen atoms in total. The van der Waals surface area contributed by atoms with Crippen molar-refractivity contribution in [3.8, 4) is 17.1 Å². The topological polar surface area (TPSA) is 71.4 Å². The quantitative estimate of drug-likeness (QED) is 0.402. The Bertz CT molecular complexity index is 1370. The van der Waals surface area contributed by atoms with E-state index in [2.05, 4.69) is 25.6 Å². The lowest BCUT2D eigenvalue weighted by atomic mass is 10.1. The van der Waals surface area contributed by atoms with Gasteiger partial charge in [-0.3, -0.25) is 0 Å². The fraction of sp³-hybridized carbons (Fsp3) is 0.160. The highest BCUT2D eigenvalue weighted by atomic mass is 19.4. The summed E-state index contributed by atoms with van der Waals surface area (Å²) in [5.74, 6) is 0.766. The number of ether oxygens (including phenoxy) is 1. The summed E-state index contributed by atoms with van der Waals surface area (Å²) in [7, 11) is 0. The number of rotatable bonds is 4. The first-order valence-electron chi connectivity index (χ1n) is 10.6. The molecule has 0 amide bonds. The summed E-state index contributed by atoms with van der Waals surface area (Å²) in [6.45, 7) is 1.88. The molecule has 2 N–H and O–H groups in total. The Morgan fingerprint density at radius 1 is 0.941 bits per heavy atom. The zero-order chi connectivity index (χ0) is 23.7. The highest BCUT2D eigenvalue weighted by Crippen LogP contribution is 2.35. The van der Waals surface area contributed by atoms with E-state index < -0.39 is 6.36 Å². The number of nitrogens with zero attached hydrogens (tertiary/aromatic N) is 3. The number of benzene rings is 3. The summed E-state index contributed by atoms with van der Waals surface area (Å²) < 4.78 is 43.2. The van der Waals surface area contributed by atoms with Crippen molar-refractivity contribution in [2.24, 2.45) is 4.99 Å². The summed E-state index contributed by atoms with van der Waals surface area (Å²) in [5, 5.41) is 0.704. The van der Waals surface area contributed by atoms with E-state index in [0.29, 0.717) is 29.0 Å². The number of aryl methyl sites for hydroxylation is 1. The van der Waals surface area contributed by atoms with E-state index in [0.717, 1.165) is 11.1 Å². The third-order valence-electron chi connectivity index (χ3n) is 5.49. The monoisotopic (exact) mass is 463 g/mol. The molecule has 1 aliphatic heterocycles. The van der Waals surface area contributed by atoms with Crippen molar-refractivity contribution in [3.05, 3.63) is 83.9 Å². The number of halogens is 3. The van der Waals surface area contributed by atoms with E-state index in [1.165, 1.54) is 18.2 Å². The minimum atomic E-state index is -4.84. The average molecular weight is 463 g/mol. The Morgan fingerprint density at radius 2 is 1.71 bits per heavy atom. The lowest BCUT2D eigenvalue weighted by Gasteiger charge is -2.13. The minimum absolute atomic E-state index is 0.0372. The third kappa shape index (κ3) is 4.55. The predicted octanol–water partition coefficient (Wildman–Crippen LogP) is 5.77. The van der Waals surface area contributed by atoms with E-state index >= 15 is 0 Å². The molecule has 3 aromatic carbocycles. The van der Waals surface area contributed by atoms with Gasteiger partial charge >= 0.3 is 6.36 Å². The molecule has 1 fully saturated rings. The summed E-state index contributed by atoms with van der Waals surface area (Å²) in [5.41, 5.74) is 9.03. The molecule has 1 atom stereocenters. The Balaban J connectivity index is 1.59. The van der Waals surface area contributed by atoms with Crippen molar-refractivity contribution in [1.29, 1.82) is 0 Å². The zero-order valence-corrected chi connectivity index (χ0v) is 18.1. The summed E-state index contributed by atoms with van der Waals surface area (Å²) >= 11 is 0. The van der Waals surface area contributed by atoms with Crippen LogP contribution < -0.4 is 15.6 Å². The molecule has 2 heterocycles. The van der Waals surface area contributed by atoms with Crippen molar-refractivity contribution in [2.45, 2.75) is 25.7 Å². The summed E-state index contributed by atoms with van der Waals surface area (Å²) in [6.07, 6.45) is -4.23. The first-order valence-corrected chi connectivity index (χ1v) is 10.6. The van der Waals surface area contributed by atoms with Crippen LogP contribution >= 0.6 is 0 Å². The van der Waals surface area contributed by atoms with E-state index in [-0.39, 0.29) is 23.2 Å². The number of hydrogen-bond donors (Lipinski definition) is 2. The second kappa shape index (κ2) is 8.75. The van der Waals surface area contributed by atoms with Gasteiger partial charge in [0.25, 0.3) is 0 Å². The van der Waals surface area contributed by atoms with Crippen LogP contribution in [0.25, 0.3) is 22.3 Å². The van der Waals surface area contributed by atoms with Crippen LogP contribution in [0.3, 0.4) is 0 Å². The smallest absolute Gasteiger partial charge is 0.405 e. The van der Waals surface area contributed by atoms with Gasteiger partial charge in [0.1, 0.15) is 11.6 Å². The van der Waals surface area contributed by atoms with Gasteiger partial charge in [-0.05, 0) is 36.2 Å². The second-order valence-corrected chi connectivity index (χ2v) is 7.88. The molecule has 1 saturated heterocycles. The molecule has 1 aromatic heterocycles. The number of para-hydroxylation sites is 2. The summed E-state index contributed by atoms with van der Waals surface area (Å²) in [6, 6.07) is 21.4. The third-order valence-corrected chi connectivity index (χ3v) is 5.49.